The Bertz CT molecular complexity index is 427. The Morgan fingerprint density at radius 2 is 1.62 bits per heavy atom. The van der Waals surface area contributed by atoms with E-state index in [-0.39, 0.29) is 6.29 Å². The van der Waals surface area contributed by atoms with Crippen LogP contribution in [0, 0.1) is 0 Å². The minimum Gasteiger partial charge on any atom is -0.490 e. The topological polar surface area (TPSA) is 27.7 Å². The van der Waals surface area contributed by atoms with Gasteiger partial charge in [0.15, 0.2) is 17.8 Å². The summed E-state index contributed by atoms with van der Waals surface area (Å²) in [4.78, 5) is 0. The quantitative estimate of drug-likeness (QED) is 0.431. The lowest BCUT2D eigenvalue weighted by atomic mass is 10.1. The Morgan fingerprint density at radius 3 is 2.33 bits per heavy atom. The van der Waals surface area contributed by atoms with E-state index in [1.807, 2.05) is 24.3 Å². The normalized spacial score (nSPS) is 17.6. The first-order valence-corrected chi connectivity index (χ1v) is 9.90. The molecule has 1 aliphatic heterocycles. The summed E-state index contributed by atoms with van der Waals surface area (Å²) in [5.41, 5.74) is 0. The van der Waals surface area contributed by atoms with Gasteiger partial charge in [-0.15, -0.1) is 0 Å². The molecule has 1 unspecified atom stereocenters. The summed E-state index contributed by atoms with van der Waals surface area (Å²) < 4.78 is 17.6. The van der Waals surface area contributed by atoms with E-state index in [1.165, 1.54) is 51.4 Å². The maximum absolute atomic E-state index is 5.97. The highest BCUT2D eigenvalue weighted by atomic mass is 16.7. The van der Waals surface area contributed by atoms with Crippen LogP contribution in [0.5, 0.6) is 11.5 Å². The molecule has 0 saturated carbocycles. The lowest BCUT2D eigenvalue weighted by Crippen LogP contribution is -2.25. The van der Waals surface area contributed by atoms with E-state index in [1.54, 1.807) is 0 Å². The molecular formula is C21H34O3. The van der Waals surface area contributed by atoms with Crippen LogP contribution >= 0.6 is 0 Å². The molecule has 2 rings (SSSR count). The molecule has 0 bridgehead atoms. The predicted molar refractivity (Wildman–Crippen MR) is 98.8 cm³/mol. The van der Waals surface area contributed by atoms with E-state index in [0.29, 0.717) is 0 Å². The van der Waals surface area contributed by atoms with Gasteiger partial charge in [-0.2, -0.15) is 0 Å². The number of hydrogen-bond donors (Lipinski definition) is 0. The fraction of sp³-hybridized carbons (Fsp3) is 0.714. The molecule has 1 fully saturated rings. The smallest absolute Gasteiger partial charge is 0.200 e. The molecule has 1 heterocycles. The van der Waals surface area contributed by atoms with Gasteiger partial charge in [-0.3, -0.25) is 0 Å². The second-order valence-corrected chi connectivity index (χ2v) is 6.68. The number of para-hydroxylation sites is 2. The van der Waals surface area contributed by atoms with E-state index in [9.17, 15) is 0 Å². The van der Waals surface area contributed by atoms with Crippen LogP contribution < -0.4 is 9.47 Å². The summed E-state index contributed by atoms with van der Waals surface area (Å²) in [6.07, 6.45) is 13.7. The number of unbranched alkanes of at least 4 members (excludes halogenated alkanes) is 7. The summed E-state index contributed by atoms with van der Waals surface area (Å²) in [5.74, 6) is 1.65. The van der Waals surface area contributed by atoms with Crippen LogP contribution in [0.4, 0.5) is 0 Å². The number of rotatable bonds is 12. The van der Waals surface area contributed by atoms with Crippen LogP contribution in [-0.2, 0) is 4.74 Å². The van der Waals surface area contributed by atoms with Gasteiger partial charge in [-0.1, -0.05) is 64.0 Å². The lowest BCUT2D eigenvalue weighted by Gasteiger charge is -2.24. The van der Waals surface area contributed by atoms with Crippen molar-refractivity contribution in [3.8, 4) is 11.5 Å². The third-order valence-electron chi connectivity index (χ3n) is 4.50. The van der Waals surface area contributed by atoms with Gasteiger partial charge in [-0.25, -0.2) is 0 Å². The second kappa shape index (κ2) is 12.2. The van der Waals surface area contributed by atoms with Crippen molar-refractivity contribution < 1.29 is 14.2 Å². The molecule has 1 aromatic rings. The molecular weight excluding hydrogens is 300 g/mol. The summed E-state index contributed by atoms with van der Waals surface area (Å²) in [7, 11) is 0. The fourth-order valence-corrected chi connectivity index (χ4v) is 3.03. The van der Waals surface area contributed by atoms with Crippen LogP contribution in [0.25, 0.3) is 0 Å². The highest BCUT2D eigenvalue weighted by Crippen LogP contribution is 2.29. The monoisotopic (exact) mass is 334 g/mol. The minimum atomic E-state index is -0.119. The largest absolute Gasteiger partial charge is 0.490 e. The zero-order chi connectivity index (χ0) is 16.9. The maximum Gasteiger partial charge on any atom is 0.200 e. The summed E-state index contributed by atoms with van der Waals surface area (Å²) >= 11 is 0. The van der Waals surface area contributed by atoms with Crippen molar-refractivity contribution in [2.24, 2.45) is 0 Å². The summed E-state index contributed by atoms with van der Waals surface area (Å²) in [5, 5.41) is 0. The molecule has 1 atom stereocenters. The molecule has 0 aliphatic carbocycles. The molecule has 0 amide bonds. The van der Waals surface area contributed by atoms with Crippen LogP contribution in [0.3, 0.4) is 0 Å². The zero-order valence-corrected chi connectivity index (χ0v) is 15.3. The van der Waals surface area contributed by atoms with E-state index in [0.717, 1.165) is 44.0 Å². The van der Waals surface area contributed by atoms with Crippen LogP contribution in [0.15, 0.2) is 24.3 Å². The third-order valence-corrected chi connectivity index (χ3v) is 4.50. The van der Waals surface area contributed by atoms with E-state index >= 15 is 0 Å². The maximum atomic E-state index is 5.97. The van der Waals surface area contributed by atoms with Crippen molar-refractivity contribution in [2.75, 3.05) is 13.2 Å². The lowest BCUT2D eigenvalue weighted by molar-refractivity contribution is -0.106. The van der Waals surface area contributed by atoms with Crippen molar-refractivity contribution in [2.45, 2.75) is 83.8 Å². The van der Waals surface area contributed by atoms with Gasteiger partial charge in [0, 0.05) is 6.42 Å². The summed E-state index contributed by atoms with van der Waals surface area (Å²) in [6, 6.07) is 7.95. The van der Waals surface area contributed by atoms with Gasteiger partial charge < -0.3 is 14.2 Å². The first-order chi connectivity index (χ1) is 11.9. The Kier molecular flexibility index (Phi) is 9.70. The Morgan fingerprint density at radius 1 is 0.917 bits per heavy atom. The highest BCUT2D eigenvalue weighted by Gasteiger charge is 2.17. The Balaban J connectivity index is 1.61. The standard InChI is InChI=1S/C21H34O3/c1-2-3-4-5-6-7-8-12-17-22-19-14-9-10-15-20(19)24-21-16-11-13-18-23-21/h9-10,14-15,21H,2-8,11-13,16-18H2,1H3. The fourth-order valence-electron chi connectivity index (χ4n) is 3.03. The van der Waals surface area contributed by atoms with Gasteiger partial charge in [0.1, 0.15) is 0 Å². The van der Waals surface area contributed by atoms with Crippen molar-refractivity contribution in [3.05, 3.63) is 24.3 Å². The molecule has 0 aromatic heterocycles. The highest BCUT2D eigenvalue weighted by molar-refractivity contribution is 5.39. The molecule has 0 spiro atoms. The molecule has 3 nitrogen and oxygen atoms in total. The predicted octanol–water partition coefficient (Wildman–Crippen LogP) is 6.11. The molecule has 24 heavy (non-hydrogen) atoms. The zero-order valence-electron chi connectivity index (χ0n) is 15.3. The number of ether oxygens (including phenoxy) is 3. The SMILES string of the molecule is CCCCCCCCCCOc1ccccc1OC1CCCCO1. The van der Waals surface area contributed by atoms with E-state index < -0.39 is 0 Å². The van der Waals surface area contributed by atoms with E-state index in [2.05, 4.69) is 6.92 Å². The van der Waals surface area contributed by atoms with Gasteiger partial charge in [-0.05, 0) is 31.4 Å². The van der Waals surface area contributed by atoms with Crippen LogP contribution in [0.2, 0.25) is 0 Å². The first kappa shape index (κ1) is 19.1. The molecule has 1 aromatic carbocycles. The van der Waals surface area contributed by atoms with Crippen molar-refractivity contribution in [1.29, 1.82) is 0 Å². The van der Waals surface area contributed by atoms with Crippen LogP contribution in [0.1, 0.15) is 77.6 Å². The summed E-state index contributed by atoms with van der Waals surface area (Å²) in [6.45, 7) is 3.83. The van der Waals surface area contributed by atoms with Crippen molar-refractivity contribution in [1.82, 2.24) is 0 Å². The molecule has 1 saturated heterocycles. The second-order valence-electron chi connectivity index (χ2n) is 6.68. The Hall–Kier alpha value is -1.22. The minimum absolute atomic E-state index is 0.119. The average molecular weight is 335 g/mol. The first-order valence-electron chi connectivity index (χ1n) is 9.90. The van der Waals surface area contributed by atoms with Gasteiger partial charge >= 0.3 is 0 Å². The molecule has 1 aliphatic rings. The third kappa shape index (κ3) is 7.57. The molecule has 3 heteroatoms. The van der Waals surface area contributed by atoms with E-state index in [4.69, 9.17) is 14.2 Å². The average Bonchev–Trinajstić information content (AvgIpc) is 2.62. The van der Waals surface area contributed by atoms with Gasteiger partial charge in [0.05, 0.1) is 13.2 Å². The Labute approximate surface area is 147 Å². The van der Waals surface area contributed by atoms with Gasteiger partial charge in [0.2, 0.25) is 0 Å². The van der Waals surface area contributed by atoms with Crippen molar-refractivity contribution in [3.63, 3.8) is 0 Å². The van der Waals surface area contributed by atoms with Gasteiger partial charge in [0.25, 0.3) is 0 Å². The molecule has 136 valence electrons. The van der Waals surface area contributed by atoms with Crippen molar-refractivity contribution >= 4 is 0 Å². The van der Waals surface area contributed by atoms with Crippen LogP contribution in [-0.4, -0.2) is 19.5 Å². The number of benzene rings is 1. The molecule has 0 radical (unpaired) electrons. The number of hydrogen-bond acceptors (Lipinski definition) is 3. The molecule has 0 N–H and O–H groups in total.